The van der Waals surface area contributed by atoms with Crippen LogP contribution >= 0.6 is 0 Å². The molecule has 0 saturated heterocycles. The highest BCUT2D eigenvalue weighted by molar-refractivity contribution is 5.88. The summed E-state index contributed by atoms with van der Waals surface area (Å²) < 4.78 is 0. The standard InChI is InChI=1S/C15H21NO2/c1-16(11-12-6-3-2-4-7-12)14-9-5-8-13(10-14)15(17)18/h5,8-10,12H,2-4,6-7,11H2,1H3,(H,17,18). The van der Waals surface area contributed by atoms with Crippen molar-refractivity contribution in [2.45, 2.75) is 32.1 Å². The van der Waals surface area contributed by atoms with Crippen LogP contribution in [-0.4, -0.2) is 24.7 Å². The molecule has 3 nitrogen and oxygen atoms in total. The minimum Gasteiger partial charge on any atom is -0.478 e. The van der Waals surface area contributed by atoms with Gasteiger partial charge in [-0.2, -0.15) is 0 Å². The Hall–Kier alpha value is -1.51. The SMILES string of the molecule is CN(CC1CCCCC1)c1cccc(C(=O)O)c1. The number of aromatic carboxylic acids is 1. The Labute approximate surface area is 108 Å². The number of carboxylic acids is 1. The van der Waals surface area contributed by atoms with E-state index >= 15 is 0 Å². The molecule has 0 aromatic heterocycles. The topological polar surface area (TPSA) is 40.5 Å². The predicted octanol–water partition coefficient (Wildman–Crippen LogP) is 3.40. The molecule has 3 heteroatoms. The van der Waals surface area contributed by atoms with Crippen molar-refractivity contribution in [2.75, 3.05) is 18.5 Å². The monoisotopic (exact) mass is 247 g/mol. The highest BCUT2D eigenvalue weighted by Crippen LogP contribution is 2.26. The quantitative estimate of drug-likeness (QED) is 0.886. The van der Waals surface area contributed by atoms with E-state index in [1.165, 1.54) is 32.1 Å². The van der Waals surface area contributed by atoms with E-state index in [4.69, 9.17) is 5.11 Å². The maximum Gasteiger partial charge on any atom is 0.335 e. The van der Waals surface area contributed by atoms with Crippen molar-refractivity contribution in [2.24, 2.45) is 5.92 Å². The van der Waals surface area contributed by atoms with Gasteiger partial charge in [-0.25, -0.2) is 4.79 Å². The van der Waals surface area contributed by atoms with Gasteiger partial charge in [-0.15, -0.1) is 0 Å². The van der Waals surface area contributed by atoms with Crippen molar-refractivity contribution in [3.05, 3.63) is 29.8 Å². The fourth-order valence-electron chi connectivity index (χ4n) is 2.74. The van der Waals surface area contributed by atoms with E-state index in [0.29, 0.717) is 5.56 Å². The summed E-state index contributed by atoms with van der Waals surface area (Å²) in [5, 5.41) is 8.99. The summed E-state index contributed by atoms with van der Waals surface area (Å²) in [7, 11) is 2.05. The van der Waals surface area contributed by atoms with E-state index in [9.17, 15) is 4.79 Å². The lowest BCUT2D eigenvalue weighted by molar-refractivity contribution is 0.0697. The smallest absolute Gasteiger partial charge is 0.335 e. The Kier molecular flexibility index (Phi) is 4.24. The van der Waals surface area contributed by atoms with Crippen molar-refractivity contribution in [3.8, 4) is 0 Å². The van der Waals surface area contributed by atoms with Gasteiger partial charge >= 0.3 is 5.97 Å². The zero-order valence-corrected chi connectivity index (χ0v) is 10.9. The van der Waals surface area contributed by atoms with Crippen LogP contribution in [-0.2, 0) is 0 Å². The lowest BCUT2D eigenvalue weighted by Crippen LogP contribution is -2.26. The second kappa shape index (κ2) is 5.89. The first kappa shape index (κ1) is 12.9. The molecule has 1 saturated carbocycles. The molecular weight excluding hydrogens is 226 g/mol. The first-order chi connectivity index (χ1) is 8.66. The molecule has 0 amide bonds. The van der Waals surface area contributed by atoms with Gasteiger partial charge in [-0.05, 0) is 37.0 Å². The van der Waals surface area contributed by atoms with Gasteiger partial charge in [0.25, 0.3) is 0 Å². The number of carbonyl (C=O) groups is 1. The van der Waals surface area contributed by atoms with Gasteiger partial charge in [0.05, 0.1) is 5.56 Å². The third-order valence-electron chi connectivity index (χ3n) is 3.79. The lowest BCUT2D eigenvalue weighted by Gasteiger charge is -2.28. The normalized spacial score (nSPS) is 16.5. The zero-order chi connectivity index (χ0) is 13.0. The van der Waals surface area contributed by atoms with Gasteiger partial charge in [-0.3, -0.25) is 0 Å². The third-order valence-corrected chi connectivity index (χ3v) is 3.79. The van der Waals surface area contributed by atoms with Crippen LogP contribution in [0.15, 0.2) is 24.3 Å². The largest absolute Gasteiger partial charge is 0.478 e. The molecule has 0 unspecified atom stereocenters. The summed E-state index contributed by atoms with van der Waals surface area (Å²) in [5.74, 6) is -0.0971. The summed E-state index contributed by atoms with van der Waals surface area (Å²) in [6, 6.07) is 7.19. The molecule has 1 aromatic carbocycles. The molecule has 0 atom stereocenters. The fraction of sp³-hybridized carbons (Fsp3) is 0.533. The molecule has 1 aliphatic carbocycles. The van der Waals surface area contributed by atoms with E-state index in [1.807, 2.05) is 12.1 Å². The second-order valence-corrected chi connectivity index (χ2v) is 5.24. The molecule has 1 N–H and O–H groups in total. The van der Waals surface area contributed by atoms with Crippen LogP contribution in [0, 0.1) is 5.92 Å². The van der Waals surface area contributed by atoms with Crippen molar-refractivity contribution in [1.82, 2.24) is 0 Å². The van der Waals surface area contributed by atoms with Crippen LogP contribution < -0.4 is 4.90 Å². The number of hydrogen-bond donors (Lipinski definition) is 1. The molecule has 0 spiro atoms. The molecular formula is C15H21NO2. The van der Waals surface area contributed by atoms with Crippen LogP contribution in [0.3, 0.4) is 0 Å². The Bertz CT molecular complexity index is 411. The van der Waals surface area contributed by atoms with Gasteiger partial charge < -0.3 is 10.0 Å². The van der Waals surface area contributed by atoms with Crippen molar-refractivity contribution >= 4 is 11.7 Å². The van der Waals surface area contributed by atoms with Gasteiger partial charge in [0.15, 0.2) is 0 Å². The van der Waals surface area contributed by atoms with Crippen LogP contribution in [0.4, 0.5) is 5.69 Å². The van der Waals surface area contributed by atoms with Gasteiger partial charge in [0.1, 0.15) is 0 Å². The first-order valence-corrected chi connectivity index (χ1v) is 6.71. The highest BCUT2D eigenvalue weighted by atomic mass is 16.4. The van der Waals surface area contributed by atoms with Crippen molar-refractivity contribution < 1.29 is 9.90 Å². The number of hydrogen-bond acceptors (Lipinski definition) is 2. The van der Waals surface area contributed by atoms with Crippen LogP contribution in [0.2, 0.25) is 0 Å². The van der Waals surface area contributed by atoms with Crippen molar-refractivity contribution in [1.29, 1.82) is 0 Å². The molecule has 1 fully saturated rings. The predicted molar refractivity (Wildman–Crippen MR) is 73.2 cm³/mol. The average molecular weight is 247 g/mol. The minimum absolute atomic E-state index is 0.364. The Morgan fingerprint density at radius 1 is 1.33 bits per heavy atom. The summed E-state index contributed by atoms with van der Waals surface area (Å²) >= 11 is 0. The fourth-order valence-corrected chi connectivity index (χ4v) is 2.74. The van der Waals surface area contributed by atoms with Crippen LogP contribution in [0.25, 0.3) is 0 Å². The molecule has 98 valence electrons. The number of carboxylic acid groups (broad SMARTS) is 1. The maximum absolute atomic E-state index is 10.9. The van der Waals surface area contributed by atoms with E-state index < -0.39 is 5.97 Å². The lowest BCUT2D eigenvalue weighted by atomic mass is 9.89. The highest BCUT2D eigenvalue weighted by Gasteiger charge is 2.16. The van der Waals surface area contributed by atoms with Gasteiger partial charge in [0, 0.05) is 19.3 Å². The van der Waals surface area contributed by atoms with E-state index in [0.717, 1.165) is 18.2 Å². The second-order valence-electron chi connectivity index (χ2n) is 5.24. The van der Waals surface area contributed by atoms with E-state index in [1.54, 1.807) is 12.1 Å². The van der Waals surface area contributed by atoms with Crippen LogP contribution in [0.1, 0.15) is 42.5 Å². The number of rotatable bonds is 4. The van der Waals surface area contributed by atoms with Gasteiger partial charge in [-0.1, -0.05) is 25.3 Å². The average Bonchev–Trinajstić information content (AvgIpc) is 2.40. The molecule has 0 aliphatic heterocycles. The number of anilines is 1. The summed E-state index contributed by atoms with van der Waals surface area (Å²) in [6.45, 7) is 1.03. The van der Waals surface area contributed by atoms with Gasteiger partial charge in [0.2, 0.25) is 0 Å². The molecule has 18 heavy (non-hydrogen) atoms. The Balaban J connectivity index is 2.01. The minimum atomic E-state index is -0.858. The third kappa shape index (κ3) is 3.25. The molecule has 0 bridgehead atoms. The molecule has 0 heterocycles. The molecule has 1 aliphatic rings. The zero-order valence-electron chi connectivity index (χ0n) is 10.9. The molecule has 0 radical (unpaired) electrons. The Morgan fingerprint density at radius 2 is 2.06 bits per heavy atom. The van der Waals surface area contributed by atoms with Crippen LogP contribution in [0.5, 0.6) is 0 Å². The van der Waals surface area contributed by atoms with E-state index in [2.05, 4.69) is 11.9 Å². The van der Waals surface area contributed by atoms with Crippen molar-refractivity contribution in [3.63, 3.8) is 0 Å². The first-order valence-electron chi connectivity index (χ1n) is 6.71. The summed E-state index contributed by atoms with van der Waals surface area (Å²) in [4.78, 5) is 13.1. The maximum atomic E-state index is 10.9. The summed E-state index contributed by atoms with van der Waals surface area (Å²) in [6.07, 6.45) is 6.67. The summed E-state index contributed by atoms with van der Waals surface area (Å²) in [5.41, 5.74) is 1.36. The van der Waals surface area contributed by atoms with E-state index in [-0.39, 0.29) is 0 Å². The number of nitrogens with zero attached hydrogens (tertiary/aromatic N) is 1. The molecule has 1 aromatic rings. The number of benzene rings is 1. The Morgan fingerprint density at radius 3 is 2.72 bits per heavy atom. The molecule has 2 rings (SSSR count).